The van der Waals surface area contributed by atoms with E-state index in [2.05, 4.69) is 28.2 Å². The van der Waals surface area contributed by atoms with Crippen LogP contribution >= 0.6 is 0 Å². The Kier molecular flexibility index (Phi) is 2.13. The fraction of sp³-hybridized carbons (Fsp3) is 0.182. The van der Waals surface area contributed by atoms with Crippen LogP contribution < -0.4 is 0 Å². The van der Waals surface area contributed by atoms with Crippen LogP contribution in [0, 0.1) is 0 Å². The number of fused-ring (bicyclic) bond motifs is 1. The molecule has 0 saturated heterocycles. The van der Waals surface area contributed by atoms with Crippen molar-refractivity contribution in [2.75, 3.05) is 0 Å². The summed E-state index contributed by atoms with van der Waals surface area (Å²) in [5.74, 6) is 0. The zero-order chi connectivity index (χ0) is 9.10. The first-order valence-corrected chi connectivity index (χ1v) is 4.41. The second-order valence-electron chi connectivity index (χ2n) is 2.96. The molecule has 0 aliphatic heterocycles. The monoisotopic (exact) mass is 172 g/mol. The van der Waals surface area contributed by atoms with E-state index in [1.54, 1.807) is 0 Å². The first kappa shape index (κ1) is 8.05. The molecule has 0 unspecified atom stereocenters. The van der Waals surface area contributed by atoms with E-state index in [9.17, 15) is 0 Å². The molecule has 0 atom stereocenters. The second kappa shape index (κ2) is 3.44. The molecule has 0 saturated carbocycles. The van der Waals surface area contributed by atoms with Gasteiger partial charge in [-0.3, -0.25) is 4.99 Å². The van der Waals surface area contributed by atoms with Gasteiger partial charge in [0.1, 0.15) is 0 Å². The zero-order valence-electron chi connectivity index (χ0n) is 7.62. The highest BCUT2D eigenvalue weighted by atomic mass is 14.7. The zero-order valence-corrected chi connectivity index (χ0v) is 7.62. The van der Waals surface area contributed by atoms with Crippen molar-refractivity contribution in [1.29, 1.82) is 0 Å². The van der Waals surface area contributed by atoms with E-state index in [1.165, 1.54) is 16.5 Å². The van der Waals surface area contributed by atoms with Gasteiger partial charge in [-0.1, -0.05) is 18.2 Å². The Morgan fingerprint density at radius 1 is 1.38 bits per heavy atom. The van der Waals surface area contributed by atoms with E-state index >= 15 is 0 Å². The highest BCUT2D eigenvalue weighted by molar-refractivity contribution is 5.83. The van der Waals surface area contributed by atoms with Crippen molar-refractivity contribution < 1.29 is 0 Å². The van der Waals surface area contributed by atoms with Gasteiger partial charge in [0.2, 0.25) is 0 Å². The number of benzene rings is 1. The third kappa shape index (κ3) is 1.47. The first-order chi connectivity index (χ1) is 6.42. The minimum Gasteiger partial charge on any atom is -0.361 e. The minimum absolute atomic E-state index is 0.764. The van der Waals surface area contributed by atoms with Crippen LogP contribution in [-0.2, 0) is 6.54 Å². The van der Waals surface area contributed by atoms with Crippen molar-refractivity contribution in [3.05, 3.63) is 36.0 Å². The summed E-state index contributed by atoms with van der Waals surface area (Å²) in [6.07, 6.45) is 3.86. The lowest BCUT2D eigenvalue weighted by molar-refractivity contribution is 1.09. The summed E-state index contributed by atoms with van der Waals surface area (Å²) in [5, 5.41) is 1.27. The Labute approximate surface area is 77.3 Å². The van der Waals surface area contributed by atoms with Gasteiger partial charge in [-0.2, -0.15) is 0 Å². The number of aromatic amines is 1. The average molecular weight is 172 g/mol. The van der Waals surface area contributed by atoms with Crippen LogP contribution in [0.25, 0.3) is 10.9 Å². The van der Waals surface area contributed by atoms with Crippen molar-refractivity contribution in [1.82, 2.24) is 4.98 Å². The van der Waals surface area contributed by atoms with Crippen LogP contribution in [0.2, 0.25) is 0 Å². The second-order valence-corrected chi connectivity index (χ2v) is 2.96. The number of aliphatic imine (C=N–C) groups is 1. The van der Waals surface area contributed by atoms with Crippen LogP contribution in [0.1, 0.15) is 12.5 Å². The number of hydrogen-bond acceptors (Lipinski definition) is 1. The van der Waals surface area contributed by atoms with Gasteiger partial charge in [-0.05, 0) is 24.8 Å². The molecule has 1 N–H and O–H groups in total. The standard InChI is InChI=1S/C11H12N2/c1-2-12-7-9-8-13-11-6-4-3-5-10(9)11/h2-6,8,13H,7H2,1H3. The molecule has 0 radical (unpaired) electrons. The van der Waals surface area contributed by atoms with Gasteiger partial charge in [-0.15, -0.1) is 0 Å². The van der Waals surface area contributed by atoms with E-state index in [0.717, 1.165) is 6.54 Å². The summed E-state index contributed by atoms with van der Waals surface area (Å²) in [7, 11) is 0. The molecule has 0 aliphatic rings. The fourth-order valence-corrected chi connectivity index (χ4v) is 1.45. The van der Waals surface area contributed by atoms with Crippen LogP contribution in [0.5, 0.6) is 0 Å². The van der Waals surface area contributed by atoms with Crippen LogP contribution in [0.15, 0.2) is 35.5 Å². The Hall–Kier alpha value is -1.57. The van der Waals surface area contributed by atoms with E-state index < -0.39 is 0 Å². The Morgan fingerprint density at radius 2 is 2.23 bits per heavy atom. The lowest BCUT2D eigenvalue weighted by atomic mass is 10.2. The summed E-state index contributed by atoms with van der Waals surface area (Å²) in [6.45, 7) is 2.70. The summed E-state index contributed by atoms with van der Waals surface area (Å²) < 4.78 is 0. The molecule has 2 heteroatoms. The largest absolute Gasteiger partial charge is 0.361 e. The molecular weight excluding hydrogens is 160 g/mol. The van der Waals surface area contributed by atoms with Crippen molar-refractivity contribution in [2.45, 2.75) is 13.5 Å². The Morgan fingerprint density at radius 3 is 3.08 bits per heavy atom. The van der Waals surface area contributed by atoms with Gasteiger partial charge >= 0.3 is 0 Å². The Balaban J connectivity index is 2.45. The number of nitrogens with one attached hydrogen (secondary N) is 1. The number of rotatable bonds is 2. The van der Waals surface area contributed by atoms with Crippen molar-refractivity contribution in [2.24, 2.45) is 4.99 Å². The number of aromatic nitrogens is 1. The summed E-state index contributed by atoms with van der Waals surface area (Å²) in [6, 6.07) is 8.28. The van der Waals surface area contributed by atoms with Gasteiger partial charge in [0.25, 0.3) is 0 Å². The summed E-state index contributed by atoms with van der Waals surface area (Å²) in [5.41, 5.74) is 2.44. The van der Waals surface area contributed by atoms with Gasteiger partial charge < -0.3 is 4.98 Å². The SMILES string of the molecule is CC=NCc1c[nH]c2ccccc12. The van der Waals surface area contributed by atoms with Crippen molar-refractivity contribution in [3.8, 4) is 0 Å². The maximum Gasteiger partial charge on any atom is 0.0656 e. The molecule has 2 nitrogen and oxygen atoms in total. The minimum atomic E-state index is 0.764. The highest BCUT2D eigenvalue weighted by Crippen LogP contribution is 2.17. The molecule has 0 aliphatic carbocycles. The van der Waals surface area contributed by atoms with E-state index in [0.29, 0.717) is 0 Å². The molecule has 0 fully saturated rings. The maximum absolute atomic E-state index is 4.22. The predicted molar refractivity (Wildman–Crippen MR) is 56.2 cm³/mol. The quantitative estimate of drug-likeness (QED) is 0.675. The van der Waals surface area contributed by atoms with Crippen LogP contribution in [0.4, 0.5) is 0 Å². The number of para-hydroxylation sites is 1. The molecule has 1 heterocycles. The Bertz CT molecular complexity index is 426. The smallest absolute Gasteiger partial charge is 0.0656 e. The number of hydrogen-bond donors (Lipinski definition) is 1. The maximum atomic E-state index is 4.22. The molecule has 2 aromatic rings. The van der Waals surface area contributed by atoms with Gasteiger partial charge in [0, 0.05) is 17.1 Å². The van der Waals surface area contributed by atoms with Gasteiger partial charge in [0.15, 0.2) is 0 Å². The number of nitrogens with zero attached hydrogens (tertiary/aromatic N) is 1. The van der Waals surface area contributed by atoms with E-state index in [4.69, 9.17) is 0 Å². The fourth-order valence-electron chi connectivity index (χ4n) is 1.45. The molecule has 0 spiro atoms. The van der Waals surface area contributed by atoms with Crippen LogP contribution in [0.3, 0.4) is 0 Å². The number of H-pyrrole nitrogens is 1. The highest BCUT2D eigenvalue weighted by Gasteiger charge is 1.99. The lowest BCUT2D eigenvalue weighted by Crippen LogP contribution is -1.77. The average Bonchev–Trinajstić information content (AvgIpc) is 2.58. The molecule has 1 aromatic heterocycles. The molecular formula is C11H12N2. The molecule has 0 amide bonds. The predicted octanol–water partition coefficient (Wildman–Crippen LogP) is 2.76. The van der Waals surface area contributed by atoms with Gasteiger partial charge in [-0.25, -0.2) is 0 Å². The third-order valence-electron chi connectivity index (χ3n) is 2.12. The summed E-state index contributed by atoms with van der Waals surface area (Å²) in [4.78, 5) is 7.44. The van der Waals surface area contributed by atoms with Crippen molar-refractivity contribution >= 4 is 17.1 Å². The van der Waals surface area contributed by atoms with Crippen molar-refractivity contribution in [3.63, 3.8) is 0 Å². The molecule has 66 valence electrons. The van der Waals surface area contributed by atoms with Gasteiger partial charge in [0.05, 0.1) is 6.54 Å². The molecule has 0 bridgehead atoms. The first-order valence-electron chi connectivity index (χ1n) is 4.41. The van der Waals surface area contributed by atoms with Crippen LogP contribution in [-0.4, -0.2) is 11.2 Å². The molecule has 1 aromatic carbocycles. The molecule has 13 heavy (non-hydrogen) atoms. The molecule has 2 rings (SSSR count). The van der Waals surface area contributed by atoms with E-state index in [-0.39, 0.29) is 0 Å². The lowest BCUT2D eigenvalue weighted by Gasteiger charge is -1.92. The summed E-state index contributed by atoms with van der Waals surface area (Å²) >= 11 is 0. The third-order valence-corrected chi connectivity index (χ3v) is 2.12. The van der Waals surface area contributed by atoms with E-state index in [1.807, 2.05) is 25.4 Å². The normalized spacial score (nSPS) is 11.5. The topological polar surface area (TPSA) is 28.1 Å².